The number of carbonyl (C=O) groups is 1. The molecule has 0 N–H and O–H groups in total. The topological polar surface area (TPSA) is 40.1 Å². The fourth-order valence-corrected chi connectivity index (χ4v) is 2.32. The maximum Gasteiger partial charge on any atom is 0.0815 e. The van der Waals surface area contributed by atoms with Crippen LogP contribution in [-0.2, 0) is 0 Å². The van der Waals surface area contributed by atoms with Crippen LogP contribution in [-0.4, -0.2) is 30.4 Å². The van der Waals surface area contributed by atoms with Crippen molar-refractivity contribution in [2.75, 3.05) is 0 Å². The van der Waals surface area contributed by atoms with Crippen molar-refractivity contribution in [1.82, 2.24) is 0 Å². The van der Waals surface area contributed by atoms with E-state index in [9.17, 15) is 9.90 Å². The molecule has 0 unspecified atom stereocenters. The molecule has 4 heteroatoms. The van der Waals surface area contributed by atoms with Gasteiger partial charge in [-0.3, -0.25) is 0 Å². The molecule has 0 spiro atoms. The third-order valence-corrected chi connectivity index (χ3v) is 4.00. The molecule has 0 atom stereocenters. The molecular formula is C29H23O2SSb-. The maximum absolute atomic E-state index is 9.96. The summed E-state index contributed by atoms with van der Waals surface area (Å²) >= 11 is 1.17. The number of carboxylic acids is 1. The normalized spacial score (nSPS) is 8.00. The molecule has 0 fully saturated rings. The summed E-state index contributed by atoms with van der Waals surface area (Å²) in [6.45, 7) is 0. The number of rotatable bonds is 1. The van der Waals surface area contributed by atoms with Crippen molar-refractivity contribution >= 4 is 41.7 Å². The van der Waals surface area contributed by atoms with Crippen molar-refractivity contribution in [3.63, 3.8) is 0 Å². The van der Waals surface area contributed by atoms with Gasteiger partial charge >= 0.3 is 0 Å². The van der Waals surface area contributed by atoms with E-state index in [4.69, 9.17) is 0 Å². The summed E-state index contributed by atoms with van der Waals surface area (Å²) < 4.78 is 0. The number of aromatic carboxylic acids is 1. The van der Waals surface area contributed by atoms with Gasteiger partial charge in [0.1, 0.15) is 0 Å². The first kappa shape index (κ1) is 29.9. The van der Waals surface area contributed by atoms with E-state index in [0.717, 1.165) is 0 Å². The molecule has 33 heavy (non-hydrogen) atoms. The predicted molar refractivity (Wildman–Crippen MR) is 136 cm³/mol. The molecule has 4 aromatic carbocycles. The van der Waals surface area contributed by atoms with Gasteiger partial charge in [-0.05, 0) is 35.7 Å². The Morgan fingerprint density at radius 1 is 0.545 bits per heavy atom. The van der Waals surface area contributed by atoms with E-state index in [1.165, 1.54) is 17.4 Å². The molecule has 0 saturated heterocycles. The average Bonchev–Trinajstić information content (AvgIpc) is 3.46. The molecule has 5 rings (SSSR count). The summed E-state index contributed by atoms with van der Waals surface area (Å²) in [5, 5.41) is 11.7. The zero-order valence-electron chi connectivity index (χ0n) is 18.0. The van der Waals surface area contributed by atoms with Crippen LogP contribution in [0.3, 0.4) is 0 Å². The third kappa shape index (κ3) is 20.5. The van der Waals surface area contributed by atoms with Gasteiger partial charge in [-0.25, -0.2) is 0 Å². The van der Waals surface area contributed by atoms with Crippen molar-refractivity contribution in [1.29, 1.82) is 0 Å². The van der Waals surface area contributed by atoms with Crippen LogP contribution in [0, 0.1) is 24.3 Å². The smallest absolute Gasteiger partial charge is 0.0815 e. The van der Waals surface area contributed by atoms with Gasteiger partial charge in [0.05, 0.1) is 5.97 Å². The molecule has 2 nitrogen and oxygen atoms in total. The number of benzene rings is 4. The largest absolute Gasteiger partial charge is 0.544 e. The number of hydrogen-bond acceptors (Lipinski definition) is 3. The van der Waals surface area contributed by atoms with Gasteiger partial charge in [0.15, 0.2) is 0 Å². The number of hydrogen-bond donors (Lipinski definition) is 0. The molecule has 7 radical (unpaired) electrons. The Labute approximate surface area is 218 Å². The molecular weight excluding hydrogens is 534 g/mol. The van der Waals surface area contributed by atoms with E-state index < -0.39 is 5.97 Å². The fraction of sp³-hybridized carbons (Fsp3) is 0. The van der Waals surface area contributed by atoms with Gasteiger partial charge in [-0.1, -0.05) is 127 Å². The van der Waals surface area contributed by atoms with Crippen LogP contribution in [0.5, 0.6) is 0 Å². The molecule has 0 aliphatic rings. The van der Waals surface area contributed by atoms with Crippen LogP contribution in [0.25, 0.3) is 0 Å². The first-order valence-electron chi connectivity index (χ1n) is 9.70. The summed E-state index contributed by atoms with van der Waals surface area (Å²) in [5.41, 5.74) is 0. The van der Waals surface area contributed by atoms with Gasteiger partial charge in [0, 0.05) is 29.3 Å². The van der Waals surface area contributed by atoms with E-state index in [2.05, 4.69) is 24.3 Å². The van der Waals surface area contributed by atoms with Gasteiger partial charge in [0.25, 0.3) is 0 Å². The molecule has 0 bridgehead atoms. The quantitative estimate of drug-likeness (QED) is 0.249. The van der Waals surface area contributed by atoms with Crippen molar-refractivity contribution < 1.29 is 9.90 Å². The Morgan fingerprint density at radius 2 is 0.848 bits per heavy atom. The molecule has 1 heterocycles. The standard InChI is InChI=1S/4C6H5.C5H4O2S.Sb/c4*1-2-4-6-5-3-1;6-5(7)4-2-1-3-8-4;/h4*1-5H;1-3H,(H,6,7);/p-1. The van der Waals surface area contributed by atoms with Crippen molar-refractivity contribution in [2.45, 2.75) is 0 Å². The molecule has 5 aromatic rings. The van der Waals surface area contributed by atoms with E-state index in [1.807, 2.05) is 121 Å². The monoisotopic (exact) mass is 556 g/mol. The predicted octanol–water partition coefficient (Wildman–Crippen LogP) is 5.68. The summed E-state index contributed by atoms with van der Waals surface area (Å²) in [6.07, 6.45) is 0. The minimum absolute atomic E-state index is 0. The van der Waals surface area contributed by atoms with E-state index >= 15 is 0 Å². The first-order chi connectivity index (χ1) is 15.8. The third-order valence-electron chi connectivity index (χ3n) is 3.15. The van der Waals surface area contributed by atoms with Crippen LogP contribution in [0.1, 0.15) is 9.67 Å². The first-order valence-corrected chi connectivity index (χ1v) is 10.6. The number of carboxylic acid groups (broad SMARTS) is 1. The molecule has 0 aliphatic carbocycles. The zero-order chi connectivity index (χ0) is 23.0. The second-order valence-electron chi connectivity index (χ2n) is 5.57. The van der Waals surface area contributed by atoms with Gasteiger partial charge in [0.2, 0.25) is 0 Å². The van der Waals surface area contributed by atoms with Crippen molar-refractivity contribution in [3.8, 4) is 0 Å². The Balaban J connectivity index is 0.000000387. The zero-order valence-corrected chi connectivity index (χ0v) is 21.3. The van der Waals surface area contributed by atoms with E-state index in [1.54, 1.807) is 11.4 Å². The maximum atomic E-state index is 9.96. The fourth-order valence-electron chi connectivity index (χ4n) is 1.76. The Bertz CT molecular complexity index is 746. The van der Waals surface area contributed by atoms with Gasteiger partial charge < -0.3 is 9.90 Å². The minimum Gasteiger partial charge on any atom is -0.544 e. The Morgan fingerprint density at radius 3 is 0.939 bits per heavy atom. The second kappa shape index (κ2) is 23.5. The molecule has 0 aliphatic heterocycles. The van der Waals surface area contributed by atoms with E-state index in [-0.39, 0.29) is 29.3 Å². The van der Waals surface area contributed by atoms with Crippen molar-refractivity contribution in [3.05, 3.63) is 168 Å². The minimum atomic E-state index is -1.10. The number of thiophene rings is 1. The molecule has 163 valence electrons. The van der Waals surface area contributed by atoms with E-state index in [0.29, 0.717) is 0 Å². The van der Waals surface area contributed by atoms with Crippen LogP contribution in [0.15, 0.2) is 139 Å². The second-order valence-corrected chi connectivity index (χ2v) is 6.52. The Hall–Kier alpha value is -3.13. The molecule has 0 amide bonds. The summed E-state index contributed by atoms with van der Waals surface area (Å²) in [5.74, 6) is -1.10. The van der Waals surface area contributed by atoms with Crippen LogP contribution < -0.4 is 5.11 Å². The van der Waals surface area contributed by atoms with Crippen LogP contribution in [0.4, 0.5) is 0 Å². The van der Waals surface area contributed by atoms with Gasteiger partial charge in [-0.15, -0.1) is 11.3 Å². The number of carbonyl (C=O) groups excluding carboxylic acids is 1. The van der Waals surface area contributed by atoms with Crippen molar-refractivity contribution in [2.24, 2.45) is 0 Å². The summed E-state index contributed by atoms with van der Waals surface area (Å²) in [7, 11) is 0. The Kier molecular flexibility index (Phi) is 21.3. The van der Waals surface area contributed by atoms with Crippen LogP contribution >= 0.6 is 11.3 Å². The summed E-state index contributed by atoms with van der Waals surface area (Å²) in [6, 6.07) is 53.2. The molecule has 0 saturated carbocycles. The molecule has 1 aromatic heterocycles. The summed E-state index contributed by atoms with van der Waals surface area (Å²) in [4.78, 5) is 10.2. The van der Waals surface area contributed by atoms with Crippen LogP contribution in [0.2, 0.25) is 0 Å². The average molecular weight is 557 g/mol. The SMILES string of the molecule is O=C([O-])c1cccs1.[Sb].[c]1ccccc1.[c]1ccccc1.[c]1ccccc1.[c]1ccccc1. The van der Waals surface area contributed by atoms with Gasteiger partial charge in [-0.2, -0.15) is 0 Å².